The highest BCUT2D eigenvalue weighted by Crippen LogP contribution is 2.63. The molecule has 4 bridgehead atoms. The highest BCUT2D eigenvalue weighted by Gasteiger charge is 2.64. The summed E-state index contributed by atoms with van der Waals surface area (Å²) in [5, 5.41) is 0. The number of ether oxygens (including phenoxy) is 4. The van der Waals surface area contributed by atoms with E-state index in [1.807, 2.05) is 0 Å². The van der Waals surface area contributed by atoms with Crippen molar-refractivity contribution in [3.05, 3.63) is 93.0 Å². The molecule has 7 atom stereocenters. The van der Waals surface area contributed by atoms with Crippen molar-refractivity contribution in [1.29, 1.82) is 0 Å². The van der Waals surface area contributed by atoms with E-state index < -0.39 is 0 Å². The van der Waals surface area contributed by atoms with Gasteiger partial charge >= 0.3 is 0 Å². The van der Waals surface area contributed by atoms with Crippen molar-refractivity contribution in [3.63, 3.8) is 0 Å². The average Bonchev–Trinajstić information content (AvgIpc) is 3.57. The molecule has 2 saturated heterocycles. The first-order valence-corrected chi connectivity index (χ1v) is 16.5. The number of methoxy groups -OCH3 is 2. The number of piperidine rings is 2. The van der Waals surface area contributed by atoms with Crippen LogP contribution in [0.4, 0.5) is 0 Å². The zero-order valence-electron chi connectivity index (χ0n) is 26.9. The van der Waals surface area contributed by atoms with E-state index in [-0.39, 0.29) is 23.0 Å². The molecule has 6 nitrogen and oxygen atoms in total. The summed E-state index contributed by atoms with van der Waals surface area (Å²) in [4.78, 5) is 5.07. The van der Waals surface area contributed by atoms with Crippen molar-refractivity contribution in [1.82, 2.24) is 9.80 Å². The first-order chi connectivity index (χ1) is 21.3. The second-order valence-corrected chi connectivity index (χ2v) is 14.5. The van der Waals surface area contributed by atoms with E-state index in [2.05, 4.69) is 80.2 Å². The predicted molar refractivity (Wildman–Crippen MR) is 170 cm³/mol. The summed E-state index contributed by atoms with van der Waals surface area (Å²) in [5.74, 6) is 4.94. The van der Waals surface area contributed by atoms with E-state index >= 15 is 0 Å². The van der Waals surface area contributed by atoms with Gasteiger partial charge in [-0.25, -0.2) is 0 Å². The van der Waals surface area contributed by atoms with E-state index in [9.17, 15) is 0 Å². The molecule has 4 aliphatic carbocycles. The summed E-state index contributed by atoms with van der Waals surface area (Å²) < 4.78 is 24.4. The van der Waals surface area contributed by atoms with Crippen LogP contribution in [0.5, 0.6) is 11.5 Å². The lowest BCUT2D eigenvalue weighted by Crippen LogP contribution is -2.63. The van der Waals surface area contributed by atoms with Gasteiger partial charge in [0.05, 0.1) is 19.6 Å². The molecule has 0 N–H and O–H groups in total. The van der Waals surface area contributed by atoms with Gasteiger partial charge in [-0.2, -0.15) is 0 Å². The van der Waals surface area contributed by atoms with Crippen LogP contribution < -0.4 is 9.47 Å². The summed E-state index contributed by atoms with van der Waals surface area (Å²) in [6.07, 6.45) is 12.5. The summed E-state index contributed by atoms with van der Waals surface area (Å²) in [5.41, 5.74) is 10.2. The maximum absolute atomic E-state index is 6.54. The second kappa shape index (κ2) is 9.17. The van der Waals surface area contributed by atoms with E-state index in [1.54, 1.807) is 14.2 Å². The molecule has 10 rings (SSSR count). The molecule has 4 heterocycles. The number of rotatable bonds is 2. The summed E-state index contributed by atoms with van der Waals surface area (Å²) in [6, 6.07) is 10.2. The lowest BCUT2D eigenvalue weighted by Gasteiger charge is -2.56. The molecule has 0 aromatic heterocycles. The van der Waals surface area contributed by atoms with Crippen LogP contribution in [0.2, 0.25) is 0 Å². The fourth-order valence-corrected chi connectivity index (χ4v) is 10.8. The van der Waals surface area contributed by atoms with Crippen molar-refractivity contribution in [2.45, 2.75) is 81.1 Å². The number of allylic oxidation sites excluding steroid dienone is 3. The lowest BCUT2D eigenvalue weighted by molar-refractivity contribution is -0.0266. The van der Waals surface area contributed by atoms with Crippen LogP contribution in [0.3, 0.4) is 0 Å². The lowest BCUT2D eigenvalue weighted by atomic mass is 9.53. The molecule has 2 fully saturated rings. The van der Waals surface area contributed by atoms with Gasteiger partial charge in [-0.3, -0.25) is 4.90 Å². The normalized spacial score (nSPS) is 36.3. The van der Waals surface area contributed by atoms with E-state index in [1.165, 1.54) is 45.4 Å². The highest BCUT2D eigenvalue weighted by atomic mass is 16.5. The first-order valence-electron chi connectivity index (χ1n) is 16.5. The Bertz CT molecular complexity index is 1690. The monoisotopic (exact) mass is 592 g/mol. The van der Waals surface area contributed by atoms with Crippen LogP contribution >= 0.6 is 0 Å². The second-order valence-electron chi connectivity index (χ2n) is 14.5. The fourth-order valence-electron chi connectivity index (χ4n) is 10.8. The minimum Gasteiger partial charge on any atom is -0.497 e. The Kier molecular flexibility index (Phi) is 5.65. The topological polar surface area (TPSA) is 43.4 Å². The molecule has 6 heteroatoms. The number of aryl methyl sites for hydroxylation is 2. The van der Waals surface area contributed by atoms with Gasteiger partial charge in [0.25, 0.3) is 0 Å². The fraction of sp³-hybridized carbons (Fsp3) is 0.526. The molecule has 2 aromatic carbocycles. The Hall–Kier alpha value is -3.22. The van der Waals surface area contributed by atoms with Gasteiger partial charge in [0.2, 0.25) is 0 Å². The summed E-state index contributed by atoms with van der Waals surface area (Å²) in [7, 11) is 8.09. The number of hydrogen-bond donors (Lipinski definition) is 0. The summed E-state index contributed by atoms with van der Waals surface area (Å²) in [6.45, 7) is 6.61. The molecule has 0 amide bonds. The number of likely N-dealkylation sites (tertiary alicyclic amines) is 2. The number of benzene rings is 2. The van der Waals surface area contributed by atoms with Crippen LogP contribution in [0, 0.1) is 19.8 Å². The average molecular weight is 593 g/mol. The minimum atomic E-state index is 0.00616. The largest absolute Gasteiger partial charge is 0.497 e. The van der Waals surface area contributed by atoms with E-state index in [0.717, 1.165) is 61.8 Å². The third-order valence-corrected chi connectivity index (χ3v) is 12.8. The standard InChI is InChI=1S/C19H23NO2.C19H21NO2/c2*1-11-4-5-12-10-14-13-6-7-15(21-3)18-19(13,8-9-20(14)2)16(12)17(11)22-18/h4-5,7,13-14,18H,6,8-10H2,1-3H3;4-7,14,18H,8-10H2,1-3H3/t13?,14?,18-,19-;14?,18-,19-/m00/s1. The van der Waals surface area contributed by atoms with Gasteiger partial charge < -0.3 is 23.8 Å². The number of hydrogen-bond acceptors (Lipinski definition) is 6. The summed E-state index contributed by atoms with van der Waals surface area (Å²) >= 11 is 0. The van der Waals surface area contributed by atoms with Crippen LogP contribution in [-0.2, 0) is 33.1 Å². The van der Waals surface area contributed by atoms with Gasteiger partial charge in [-0.15, -0.1) is 0 Å². The van der Waals surface area contributed by atoms with Gasteiger partial charge in [-0.05, 0) is 119 Å². The Morgan fingerprint density at radius 2 is 1.45 bits per heavy atom. The molecule has 230 valence electrons. The zero-order valence-corrected chi connectivity index (χ0v) is 26.9. The van der Waals surface area contributed by atoms with Crippen LogP contribution in [-0.4, -0.2) is 75.5 Å². The third-order valence-electron chi connectivity index (χ3n) is 12.8. The molecule has 44 heavy (non-hydrogen) atoms. The molecule has 0 saturated carbocycles. The SMILES string of the molecule is COC1=CC=C2C3Cc4ccc(C)c5c4[C@@]2(CCN3C)[C@H]1O5.COC1=CCC2C3Cc4ccc(C)c5c4[C@@]2(CCN3C)[C@H]1O5. The molecule has 2 spiro atoms. The van der Waals surface area contributed by atoms with Crippen molar-refractivity contribution >= 4 is 0 Å². The van der Waals surface area contributed by atoms with E-state index in [4.69, 9.17) is 18.9 Å². The van der Waals surface area contributed by atoms with E-state index in [0.29, 0.717) is 18.0 Å². The smallest absolute Gasteiger partial charge is 0.169 e. The van der Waals surface area contributed by atoms with Crippen molar-refractivity contribution in [2.75, 3.05) is 41.4 Å². The Balaban J connectivity index is 0.000000123. The maximum atomic E-state index is 6.54. The molecule has 8 aliphatic rings. The molecular weight excluding hydrogens is 548 g/mol. The Labute approximate surface area is 261 Å². The third kappa shape index (κ3) is 3.14. The zero-order chi connectivity index (χ0) is 30.1. The van der Waals surface area contributed by atoms with Crippen LogP contribution in [0.25, 0.3) is 0 Å². The molecular formula is C38H44N2O4. The molecule has 3 unspecified atom stereocenters. The number of likely N-dealkylation sites (N-methyl/N-ethyl adjacent to an activating group) is 2. The molecule has 4 aliphatic heterocycles. The van der Waals surface area contributed by atoms with Crippen LogP contribution in [0.15, 0.2) is 59.6 Å². The van der Waals surface area contributed by atoms with Crippen LogP contribution in [0.1, 0.15) is 52.6 Å². The van der Waals surface area contributed by atoms with Crippen molar-refractivity contribution < 1.29 is 18.9 Å². The molecule has 2 aromatic rings. The minimum absolute atomic E-state index is 0.00616. The van der Waals surface area contributed by atoms with Gasteiger partial charge in [0.15, 0.2) is 12.2 Å². The first kappa shape index (κ1) is 27.1. The molecule has 0 radical (unpaired) electrons. The highest BCUT2D eigenvalue weighted by molar-refractivity contribution is 5.66. The van der Waals surface area contributed by atoms with Crippen molar-refractivity contribution in [2.24, 2.45) is 5.92 Å². The Morgan fingerprint density at radius 1 is 0.773 bits per heavy atom. The van der Waals surface area contributed by atoms with Gasteiger partial charge in [0.1, 0.15) is 23.0 Å². The van der Waals surface area contributed by atoms with Gasteiger partial charge in [-0.1, -0.05) is 30.3 Å². The maximum Gasteiger partial charge on any atom is 0.169 e. The van der Waals surface area contributed by atoms with Crippen molar-refractivity contribution in [3.8, 4) is 11.5 Å². The Morgan fingerprint density at radius 3 is 2.20 bits per heavy atom. The number of nitrogens with zero attached hydrogens (tertiary/aromatic N) is 2. The predicted octanol–water partition coefficient (Wildman–Crippen LogP) is 5.53. The quantitative estimate of drug-likeness (QED) is 0.457. The van der Waals surface area contributed by atoms with Gasteiger partial charge in [0, 0.05) is 28.6 Å².